The van der Waals surface area contributed by atoms with Crippen LogP contribution >= 0.6 is 0 Å². The standard InChI is InChI=1S/C19H24N4O2/c1-23(2)13-5-12-21-17(24)19(9-10-19)18(25)22-15-8-3-6-14-7-4-11-20-16(14)15/h3-4,6-8,11H,5,9-10,12-13H2,1-2H3,(H,21,24)(H,22,25). The molecule has 0 atom stereocenters. The lowest BCUT2D eigenvalue weighted by molar-refractivity contribution is -0.134. The zero-order valence-electron chi connectivity index (χ0n) is 14.7. The van der Waals surface area contributed by atoms with E-state index < -0.39 is 5.41 Å². The molecule has 1 aromatic carbocycles. The van der Waals surface area contributed by atoms with E-state index >= 15 is 0 Å². The summed E-state index contributed by atoms with van der Waals surface area (Å²) in [6, 6.07) is 9.45. The van der Waals surface area contributed by atoms with Gasteiger partial charge in [0, 0.05) is 18.1 Å². The molecule has 132 valence electrons. The van der Waals surface area contributed by atoms with Crippen molar-refractivity contribution in [2.24, 2.45) is 5.41 Å². The molecule has 6 nitrogen and oxygen atoms in total. The number of hydrogen-bond donors (Lipinski definition) is 2. The van der Waals surface area contributed by atoms with Crippen LogP contribution in [0.4, 0.5) is 5.69 Å². The maximum atomic E-state index is 12.7. The Morgan fingerprint density at radius 1 is 1.16 bits per heavy atom. The molecule has 1 heterocycles. The number of aromatic nitrogens is 1. The summed E-state index contributed by atoms with van der Waals surface area (Å²) in [4.78, 5) is 31.6. The lowest BCUT2D eigenvalue weighted by atomic mass is 10.0. The van der Waals surface area contributed by atoms with E-state index in [-0.39, 0.29) is 11.8 Å². The smallest absolute Gasteiger partial charge is 0.240 e. The van der Waals surface area contributed by atoms with Crippen LogP contribution in [0.1, 0.15) is 19.3 Å². The van der Waals surface area contributed by atoms with Crippen molar-refractivity contribution in [1.82, 2.24) is 15.2 Å². The number of benzene rings is 1. The maximum absolute atomic E-state index is 12.7. The van der Waals surface area contributed by atoms with Crippen LogP contribution in [-0.4, -0.2) is 48.9 Å². The number of carbonyl (C=O) groups is 2. The van der Waals surface area contributed by atoms with Crippen LogP contribution in [0.2, 0.25) is 0 Å². The lowest BCUT2D eigenvalue weighted by Gasteiger charge is -2.16. The highest BCUT2D eigenvalue weighted by Crippen LogP contribution is 2.47. The number of hydrogen-bond acceptors (Lipinski definition) is 4. The zero-order valence-corrected chi connectivity index (χ0v) is 14.7. The first-order valence-electron chi connectivity index (χ1n) is 8.61. The van der Waals surface area contributed by atoms with Gasteiger partial charge in [0.25, 0.3) is 0 Å². The molecule has 25 heavy (non-hydrogen) atoms. The summed E-state index contributed by atoms with van der Waals surface area (Å²) in [5.74, 6) is -0.410. The molecule has 0 saturated heterocycles. The van der Waals surface area contributed by atoms with E-state index in [4.69, 9.17) is 0 Å². The average Bonchev–Trinajstić information content (AvgIpc) is 3.41. The zero-order chi connectivity index (χ0) is 17.9. The van der Waals surface area contributed by atoms with Gasteiger partial charge in [-0.25, -0.2) is 0 Å². The second-order valence-electron chi connectivity index (χ2n) is 6.83. The molecule has 0 aliphatic heterocycles. The van der Waals surface area contributed by atoms with E-state index in [9.17, 15) is 9.59 Å². The summed E-state index contributed by atoms with van der Waals surface area (Å²) in [6.45, 7) is 1.49. The largest absolute Gasteiger partial charge is 0.355 e. The second kappa shape index (κ2) is 7.19. The van der Waals surface area contributed by atoms with Crippen molar-refractivity contribution in [1.29, 1.82) is 0 Å². The molecule has 1 saturated carbocycles. The lowest BCUT2D eigenvalue weighted by Crippen LogP contribution is -2.40. The molecule has 0 unspecified atom stereocenters. The molecule has 2 amide bonds. The average molecular weight is 340 g/mol. The van der Waals surface area contributed by atoms with Crippen LogP contribution < -0.4 is 10.6 Å². The minimum absolute atomic E-state index is 0.169. The summed E-state index contributed by atoms with van der Waals surface area (Å²) in [6.07, 6.45) is 3.75. The van der Waals surface area contributed by atoms with Gasteiger partial charge in [-0.2, -0.15) is 0 Å². The van der Waals surface area contributed by atoms with Gasteiger partial charge in [-0.3, -0.25) is 14.6 Å². The van der Waals surface area contributed by atoms with Crippen LogP contribution in [0.3, 0.4) is 0 Å². The fourth-order valence-corrected chi connectivity index (χ4v) is 2.90. The number of pyridine rings is 1. The Morgan fingerprint density at radius 3 is 2.64 bits per heavy atom. The monoisotopic (exact) mass is 340 g/mol. The summed E-state index contributed by atoms with van der Waals surface area (Å²) in [7, 11) is 3.99. The van der Waals surface area contributed by atoms with Gasteiger partial charge < -0.3 is 15.5 Å². The normalized spacial score (nSPS) is 15.2. The summed E-state index contributed by atoms with van der Waals surface area (Å²) in [5.41, 5.74) is 0.463. The van der Waals surface area contributed by atoms with Crippen molar-refractivity contribution >= 4 is 28.4 Å². The number of amides is 2. The Balaban J connectivity index is 1.65. The molecule has 0 radical (unpaired) electrons. The topological polar surface area (TPSA) is 74.3 Å². The van der Waals surface area contributed by atoms with Crippen LogP contribution in [-0.2, 0) is 9.59 Å². The number of anilines is 1. The Kier molecular flexibility index (Phi) is 4.99. The van der Waals surface area contributed by atoms with Gasteiger partial charge in [-0.05, 0) is 52.0 Å². The van der Waals surface area contributed by atoms with Crippen LogP contribution in [0, 0.1) is 5.41 Å². The van der Waals surface area contributed by atoms with Gasteiger partial charge in [0.15, 0.2) is 0 Å². The summed E-state index contributed by atoms with van der Waals surface area (Å²) < 4.78 is 0. The Bertz CT molecular complexity index is 779. The highest BCUT2D eigenvalue weighted by Gasteiger charge is 2.56. The van der Waals surface area contributed by atoms with Crippen LogP contribution in [0.5, 0.6) is 0 Å². The number of nitrogens with zero attached hydrogens (tertiary/aromatic N) is 2. The third-order valence-electron chi connectivity index (χ3n) is 4.57. The quantitative estimate of drug-likeness (QED) is 0.597. The predicted octanol–water partition coefficient (Wildman–Crippen LogP) is 2.02. The molecule has 1 aromatic heterocycles. The highest BCUT2D eigenvalue weighted by atomic mass is 16.2. The van der Waals surface area contributed by atoms with Gasteiger partial charge in [0.2, 0.25) is 11.8 Å². The fraction of sp³-hybridized carbons (Fsp3) is 0.421. The first kappa shape index (κ1) is 17.4. The minimum Gasteiger partial charge on any atom is -0.355 e. The first-order chi connectivity index (χ1) is 12.0. The van der Waals surface area contributed by atoms with Crippen LogP contribution in [0.15, 0.2) is 36.5 Å². The molecule has 1 fully saturated rings. The number of para-hydroxylation sites is 1. The third kappa shape index (κ3) is 3.79. The molecule has 0 spiro atoms. The van der Waals surface area contributed by atoms with Crippen molar-refractivity contribution in [3.05, 3.63) is 36.5 Å². The third-order valence-corrected chi connectivity index (χ3v) is 4.57. The molecule has 2 N–H and O–H groups in total. The van der Waals surface area contributed by atoms with Crippen molar-refractivity contribution in [3.63, 3.8) is 0 Å². The molecule has 3 rings (SSSR count). The van der Waals surface area contributed by atoms with Gasteiger partial charge in [0.05, 0.1) is 11.2 Å². The van der Waals surface area contributed by atoms with E-state index in [2.05, 4.69) is 20.5 Å². The first-order valence-corrected chi connectivity index (χ1v) is 8.61. The van der Waals surface area contributed by atoms with E-state index in [1.807, 2.05) is 44.4 Å². The number of rotatable bonds is 7. The van der Waals surface area contributed by atoms with E-state index in [1.165, 1.54) is 0 Å². The molecule has 1 aliphatic carbocycles. The highest BCUT2D eigenvalue weighted by molar-refractivity contribution is 6.14. The van der Waals surface area contributed by atoms with E-state index in [1.54, 1.807) is 6.20 Å². The Morgan fingerprint density at radius 2 is 1.92 bits per heavy atom. The van der Waals surface area contributed by atoms with Gasteiger partial charge >= 0.3 is 0 Å². The maximum Gasteiger partial charge on any atom is 0.240 e. The second-order valence-corrected chi connectivity index (χ2v) is 6.83. The summed E-state index contributed by atoms with van der Waals surface area (Å²) in [5, 5.41) is 6.77. The molecular formula is C19H24N4O2. The minimum atomic E-state index is -0.922. The van der Waals surface area contributed by atoms with Crippen molar-refractivity contribution in [3.8, 4) is 0 Å². The predicted molar refractivity (Wildman–Crippen MR) is 98.2 cm³/mol. The molecule has 0 bridgehead atoms. The molecular weight excluding hydrogens is 316 g/mol. The van der Waals surface area contributed by atoms with E-state index in [0.29, 0.717) is 25.1 Å². The van der Waals surface area contributed by atoms with Gasteiger partial charge in [-0.15, -0.1) is 0 Å². The SMILES string of the molecule is CN(C)CCCNC(=O)C1(C(=O)Nc2cccc3cccnc23)CC1. The Labute approximate surface area is 147 Å². The molecule has 2 aromatic rings. The van der Waals surface area contributed by atoms with Gasteiger partial charge in [0.1, 0.15) is 5.41 Å². The Hall–Kier alpha value is -2.47. The number of carbonyl (C=O) groups excluding carboxylic acids is 2. The van der Waals surface area contributed by atoms with Crippen molar-refractivity contribution in [2.75, 3.05) is 32.5 Å². The number of nitrogens with one attached hydrogen (secondary N) is 2. The number of fused-ring (bicyclic) bond motifs is 1. The van der Waals surface area contributed by atoms with Crippen molar-refractivity contribution in [2.45, 2.75) is 19.3 Å². The van der Waals surface area contributed by atoms with Gasteiger partial charge in [-0.1, -0.05) is 18.2 Å². The molecule has 6 heteroatoms. The fourth-order valence-electron chi connectivity index (χ4n) is 2.90. The molecule has 1 aliphatic rings. The van der Waals surface area contributed by atoms with Crippen LogP contribution in [0.25, 0.3) is 10.9 Å². The van der Waals surface area contributed by atoms with Crippen molar-refractivity contribution < 1.29 is 9.59 Å². The van der Waals surface area contributed by atoms with E-state index in [0.717, 1.165) is 23.9 Å². The summed E-state index contributed by atoms with van der Waals surface area (Å²) >= 11 is 0.